The molecular weight excluding hydrogens is 316 g/mol. The number of carbonyl (C=O) groups is 1. The van der Waals surface area contributed by atoms with Crippen LogP contribution in [0.25, 0.3) is 0 Å². The maximum absolute atomic E-state index is 12.5. The van der Waals surface area contributed by atoms with Gasteiger partial charge >= 0.3 is 6.03 Å². The van der Waals surface area contributed by atoms with Crippen molar-refractivity contribution < 1.29 is 14.6 Å². The van der Waals surface area contributed by atoms with Crippen molar-refractivity contribution in [2.75, 3.05) is 19.7 Å². The molecule has 5 heteroatoms. The first kappa shape index (κ1) is 17.5. The number of hydrogen-bond donors (Lipinski definition) is 2. The highest BCUT2D eigenvalue weighted by molar-refractivity contribution is 5.74. The number of aliphatic hydroxyl groups excluding tert-OH is 1. The number of ether oxygens (including phenoxy) is 1. The third-order valence-corrected chi connectivity index (χ3v) is 4.51. The number of carbonyl (C=O) groups excluding carboxylic acids is 1. The quantitative estimate of drug-likeness (QED) is 0.900. The first-order chi connectivity index (χ1) is 12.2. The number of hydrogen-bond acceptors (Lipinski definition) is 3. The van der Waals surface area contributed by atoms with Crippen molar-refractivity contribution in [3.63, 3.8) is 0 Å². The molecule has 3 rings (SSSR count). The van der Waals surface area contributed by atoms with E-state index in [0.29, 0.717) is 26.2 Å². The van der Waals surface area contributed by atoms with E-state index in [2.05, 4.69) is 24.4 Å². The van der Waals surface area contributed by atoms with E-state index in [1.807, 2.05) is 36.4 Å². The summed E-state index contributed by atoms with van der Waals surface area (Å²) >= 11 is 0. The molecule has 1 fully saturated rings. The van der Waals surface area contributed by atoms with Crippen LogP contribution in [0.5, 0.6) is 0 Å². The zero-order valence-electron chi connectivity index (χ0n) is 14.4. The van der Waals surface area contributed by atoms with E-state index in [0.717, 1.165) is 16.7 Å². The Hall–Kier alpha value is -2.37. The number of nitrogens with zero attached hydrogens (tertiary/aromatic N) is 1. The predicted molar refractivity (Wildman–Crippen MR) is 96.0 cm³/mol. The van der Waals surface area contributed by atoms with Crippen LogP contribution in [-0.4, -0.2) is 35.7 Å². The molecule has 0 aliphatic carbocycles. The largest absolute Gasteiger partial charge is 0.392 e. The Balaban J connectivity index is 1.59. The van der Waals surface area contributed by atoms with Crippen LogP contribution < -0.4 is 5.32 Å². The van der Waals surface area contributed by atoms with E-state index >= 15 is 0 Å². The number of benzene rings is 2. The number of rotatable bonds is 4. The molecule has 0 aromatic heterocycles. The molecule has 25 heavy (non-hydrogen) atoms. The van der Waals surface area contributed by atoms with Gasteiger partial charge in [0.2, 0.25) is 0 Å². The molecule has 0 saturated carbocycles. The molecule has 0 bridgehead atoms. The first-order valence-corrected chi connectivity index (χ1v) is 8.56. The van der Waals surface area contributed by atoms with Gasteiger partial charge in [0, 0.05) is 13.1 Å². The number of aryl methyl sites for hydroxylation is 1. The number of nitrogens with one attached hydrogen (secondary N) is 1. The highest BCUT2D eigenvalue weighted by Crippen LogP contribution is 2.24. The van der Waals surface area contributed by atoms with Crippen molar-refractivity contribution in [1.82, 2.24) is 10.2 Å². The lowest BCUT2D eigenvalue weighted by Crippen LogP contribution is -2.47. The number of urea groups is 1. The Kier molecular flexibility index (Phi) is 5.68. The molecule has 2 N–H and O–H groups in total. The van der Waals surface area contributed by atoms with Crippen molar-refractivity contribution in [1.29, 1.82) is 0 Å². The SMILES string of the molecule is Cc1ccccc1[C@@H]1CN(C(=O)NCc2cccc(CO)c2)CCO1. The zero-order chi connectivity index (χ0) is 17.6. The topological polar surface area (TPSA) is 61.8 Å². The molecule has 1 aliphatic rings. The molecule has 1 aliphatic heterocycles. The Bertz CT molecular complexity index is 732. The molecule has 2 amide bonds. The minimum atomic E-state index is -0.0868. The molecule has 0 radical (unpaired) electrons. The number of amides is 2. The first-order valence-electron chi connectivity index (χ1n) is 8.56. The zero-order valence-corrected chi connectivity index (χ0v) is 14.4. The van der Waals surface area contributed by atoms with Gasteiger partial charge in [0.15, 0.2) is 0 Å². The van der Waals surface area contributed by atoms with Crippen LogP contribution in [0.2, 0.25) is 0 Å². The number of aliphatic hydroxyl groups is 1. The molecule has 2 aromatic carbocycles. The highest BCUT2D eigenvalue weighted by atomic mass is 16.5. The van der Waals surface area contributed by atoms with Crippen molar-refractivity contribution in [2.45, 2.75) is 26.2 Å². The average molecular weight is 340 g/mol. The van der Waals surface area contributed by atoms with Crippen molar-refractivity contribution >= 4 is 6.03 Å². The Morgan fingerprint density at radius 2 is 2.04 bits per heavy atom. The molecule has 0 spiro atoms. The van der Waals surface area contributed by atoms with Crippen LogP contribution in [0.15, 0.2) is 48.5 Å². The smallest absolute Gasteiger partial charge is 0.317 e. The fraction of sp³-hybridized carbons (Fsp3) is 0.350. The average Bonchev–Trinajstić information content (AvgIpc) is 2.66. The Morgan fingerprint density at radius 1 is 1.24 bits per heavy atom. The van der Waals surface area contributed by atoms with Crippen LogP contribution in [0.3, 0.4) is 0 Å². The third-order valence-electron chi connectivity index (χ3n) is 4.51. The van der Waals surface area contributed by atoms with Gasteiger partial charge in [0.05, 0.1) is 19.8 Å². The molecule has 2 aromatic rings. The van der Waals surface area contributed by atoms with Gasteiger partial charge in [0.25, 0.3) is 0 Å². The fourth-order valence-corrected chi connectivity index (χ4v) is 3.10. The maximum atomic E-state index is 12.5. The van der Waals surface area contributed by atoms with E-state index in [-0.39, 0.29) is 18.7 Å². The second-order valence-corrected chi connectivity index (χ2v) is 6.30. The molecule has 1 saturated heterocycles. The lowest BCUT2D eigenvalue weighted by Gasteiger charge is -2.33. The predicted octanol–water partition coefficient (Wildman–Crippen LogP) is 2.77. The van der Waals surface area contributed by atoms with Crippen LogP contribution >= 0.6 is 0 Å². The summed E-state index contributed by atoms with van der Waals surface area (Å²) in [5, 5.41) is 12.2. The third kappa shape index (κ3) is 4.38. The van der Waals surface area contributed by atoms with Crippen molar-refractivity contribution in [3.05, 3.63) is 70.8 Å². The standard InChI is InChI=1S/C20H24N2O3/c1-15-5-2-3-8-18(15)19-13-22(9-10-25-19)20(24)21-12-16-6-4-7-17(11-16)14-23/h2-8,11,19,23H,9-10,12-14H2,1H3,(H,21,24)/t19-/m0/s1. The van der Waals surface area contributed by atoms with Gasteiger partial charge in [-0.3, -0.25) is 0 Å². The summed E-state index contributed by atoms with van der Waals surface area (Å²) in [6.45, 7) is 4.18. The van der Waals surface area contributed by atoms with Gasteiger partial charge in [0.1, 0.15) is 6.10 Å². The molecular formula is C20H24N2O3. The van der Waals surface area contributed by atoms with Crippen LogP contribution in [-0.2, 0) is 17.9 Å². The van der Waals surface area contributed by atoms with E-state index in [9.17, 15) is 9.90 Å². The van der Waals surface area contributed by atoms with Gasteiger partial charge in [-0.05, 0) is 29.2 Å². The highest BCUT2D eigenvalue weighted by Gasteiger charge is 2.26. The van der Waals surface area contributed by atoms with Crippen LogP contribution in [0.1, 0.15) is 28.4 Å². The molecule has 1 heterocycles. The summed E-state index contributed by atoms with van der Waals surface area (Å²) in [6, 6.07) is 15.6. The molecule has 0 unspecified atom stereocenters. The summed E-state index contributed by atoms with van der Waals surface area (Å²) in [5.41, 5.74) is 4.13. The van der Waals surface area contributed by atoms with Crippen LogP contribution in [0, 0.1) is 6.92 Å². The summed E-state index contributed by atoms with van der Waals surface area (Å²) in [6.07, 6.45) is -0.0848. The summed E-state index contributed by atoms with van der Waals surface area (Å²) < 4.78 is 5.87. The maximum Gasteiger partial charge on any atom is 0.317 e. The summed E-state index contributed by atoms with van der Waals surface area (Å²) in [7, 11) is 0. The van der Waals surface area contributed by atoms with E-state index in [1.165, 1.54) is 5.56 Å². The summed E-state index contributed by atoms with van der Waals surface area (Å²) in [4.78, 5) is 14.3. The lowest BCUT2D eigenvalue weighted by atomic mass is 10.0. The van der Waals surface area contributed by atoms with Crippen LogP contribution in [0.4, 0.5) is 4.79 Å². The monoisotopic (exact) mass is 340 g/mol. The van der Waals surface area contributed by atoms with Gasteiger partial charge in [-0.1, -0.05) is 48.5 Å². The Morgan fingerprint density at radius 3 is 2.84 bits per heavy atom. The Labute approximate surface area is 148 Å². The number of morpholine rings is 1. The van der Waals surface area contributed by atoms with E-state index < -0.39 is 0 Å². The molecule has 5 nitrogen and oxygen atoms in total. The van der Waals surface area contributed by atoms with Gasteiger partial charge in [-0.25, -0.2) is 4.79 Å². The minimum absolute atomic E-state index is 0.00333. The summed E-state index contributed by atoms with van der Waals surface area (Å²) in [5.74, 6) is 0. The lowest BCUT2D eigenvalue weighted by molar-refractivity contribution is -0.0157. The van der Waals surface area contributed by atoms with Gasteiger partial charge in [-0.15, -0.1) is 0 Å². The van der Waals surface area contributed by atoms with E-state index in [4.69, 9.17) is 4.74 Å². The van der Waals surface area contributed by atoms with Gasteiger partial charge in [-0.2, -0.15) is 0 Å². The van der Waals surface area contributed by atoms with Crippen molar-refractivity contribution in [2.24, 2.45) is 0 Å². The van der Waals surface area contributed by atoms with Gasteiger partial charge < -0.3 is 20.1 Å². The second kappa shape index (κ2) is 8.14. The van der Waals surface area contributed by atoms with Crippen molar-refractivity contribution in [3.8, 4) is 0 Å². The molecule has 132 valence electrons. The molecule has 1 atom stereocenters. The fourth-order valence-electron chi connectivity index (χ4n) is 3.10. The minimum Gasteiger partial charge on any atom is -0.392 e. The second-order valence-electron chi connectivity index (χ2n) is 6.30. The van der Waals surface area contributed by atoms with E-state index in [1.54, 1.807) is 4.90 Å². The normalized spacial score (nSPS) is 17.4.